The largest absolute Gasteiger partial charge is 0.396 e. The van der Waals surface area contributed by atoms with Crippen molar-refractivity contribution in [3.63, 3.8) is 0 Å². The van der Waals surface area contributed by atoms with E-state index in [1.54, 1.807) is 6.07 Å². The number of hydrogen-bond acceptors (Lipinski definition) is 2. The maximum absolute atomic E-state index is 12.0. The molecule has 1 atom stereocenters. The van der Waals surface area contributed by atoms with Crippen molar-refractivity contribution in [2.75, 3.05) is 6.61 Å². The number of halogens is 1. The third kappa shape index (κ3) is 5.21. The van der Waals surface area contributed by atoms with E-state index in [2.05, 4.69) is 5.32 Å². The van der Waals surface area contributed by atoms with Crippen LogP contribution >= 0.6 is 11.6 Å². The van der Waals surface area contributed by atoms with Crippen molar-refractivity contribution in [3.05, 3.63) is 34.9 Å². The Morgan fingerprint density at radius 1 is 1.37 bits per heavy atom. The number of aliphatic hydroxyl groups is 1. The van der Waals surface area contributed by atoms with E-state index in [1.807, 2.05) is 39.0 Å². The second-order valence-electron chi connectivity index (χ2n) is 5.77. The smallest absolute Gasteiger partial charge is 0.224 e. The van der Waals surface area contributed by atoms with Crippen LogP contribution in [0, 0.1) is 5.41 Å². The molecule has 0 radical (unpaired) electrons. The van der Waals surface area contributed by atoms with Crippen molar-refractivity contribution >= 4 is 17.5 Å². The summed E-state index contributed by atoms with van der Waals surface area (Å²) in [7, 11) is 0. The number of carbonyl (C=O) groups is 1. The van der Waals surface area contributed by atoms with Gasteiger partial charge < -0.3 is 10.4 Å². The van der Waals surface area contributed by atoms with E-state index in [0.29, 0.717) is 11.4 Å². The third-order valence-electron chi connectivity index (χ3n) is 3.11. The average Bonchev–Trinajstić information content (AvgIpc) is 2.30. The summed E-state index contributed by atoms with van der Waals surface area (Å²) in [5.41, 5.74) is 0.733. The molecule has 0 heterocycles. The van der Waals surface area contributed by atoms with Gasteiger partial charge in [0.05, 0.1) is 6.42 Å². The molecule has 1 aromatic carbocycles. The van der Waals surface area contributed by atoms with Gasteiger partial charge in [0.2, 0.25) is 5.91 Å². The summed E-state index contributed by atoms with van der Waals surface area (Å²) < 4.78 is 0. The highest BCUT2D eigenvalue weighted by Gasteiger charge is 2.25. The fourth-order valence-electron chi connectivity index (χ4n) is 1.91. The fraction of sp³-hybridized carbons (Fsp3) is 0.533. The lowest BCUT2D eigenvalue weighted by Gasteiger charge is -2.31. The molecular formula is C15H22ClNO2. The van der Waals surface area contributed by atoms with Crippen LogP contribution in [-0.2, 0) is 11.2 Å². The highest BCUT2D eigenvalue weighted by Crippen LogP contribution is 2.22. The van der Waals surface area contributed by atoms with Crippen molar-refractivity contribution in [2.24, 2.45) is 5.41 Å². The molecule has 2 N–H and O–H groups in total. The molecule has 1 rings (SSSR count). The first-order valence-corrected chi connectivity index (χ1v) is 6.86. The number of carbonyl (C=O) groups excluding carboxylic acids is 1. The zero-order valence-corrected chi connectivity index (χ0v) is 12.5. The van der Waals surface area contributed by atoms with Crippen LogP contribution in [0.4, 0.5) is 0 Å². The lowest BCUT2D eigenvalue weighted by atomic mass is 9.85. The molecule has 4 heteroatoms. The second kappa shape index (κ2) is 6.92. The zero-order valence-electron chi connectivity index (χ0n) is 11.7. The van der Waals surface area contributed by atoms with E-state index >= 15 is 0 Å². The van der Waals surface area contributed by atoms with Crippen LogP contribution in [0.3, 0.4) is 0 Å². The summed E-state index contributed by atoms with van der Waals surface area (Å²) >= 11 is 6.04. The van der Waals surface area contributed by atoms with E-state index in [1.165, 1.54) is 0 Å². The molecule has 0 saturated heterocycles. The van der Waals surface area contributed by atoms with Gasteiger partial charge in [-0.15, -0.1) is 0 Å². The molecule has 0 aliphatic rings. The van der Waals surface area contributed by atoms with E-state index < -0.39 is 0 Å². The Morgan fingerprint density at radius 3 is 2.53 bits per heavy atom. The number of aliphatic hydroxyl groups excluding tert-OH is 1. The maximum atomic E-state index is 12.0. The molecule has 1 aromatic rings. The molecule has 3 nitrogen and oxygen atoms in total. The number of nitrogens with one attached hydrogen (secondary N) is 1. The van der Waals surface area contributed by atoms with Gasteiger partial charge in [0.1, 0.15) is 0 Å². The topological polar surface area (TPSA) is 49.3 Å². The monoisotopic (exact) mass is 283 g/mol. The Labute approximate surface area is 120 Å². The number of amides is 1. The van der Waals surface area contributed by atoms with Crippen molar-refractivity contribution in [2.45, 2.75) is 39.7 Å². The summed E-state index contributed by atoms with van der Waals surface area (Å²) in [6.45, 7) is 6.20. The quantitative estimate of drug-likeness (QED) is 0.873. The van der Waals surface area contributed by atoms with E-state index in [0.717, 1.165) is 5.56 Å². The lowest BCUT2D eigenvalue weighted by molar-refractivity contribution is -0.122. The number of hydrogen-bond donors (Lipinski definition) is 2. The van der Waals surface area contributed by atoms with Crippen molar-refractivity contribution in [1.29, 1.82) is 0 Å². The Morgan fingerprint density at radius 2 is 2.00 bits per heavy atom. The Balaban J connectivity index is 2.66. The van der Waals surface area contributed by atoms with Gasteiger partial charge in [-0.2, -0.15) is 0 Å². The van der Waals surface area contributed by atoms with Gasteiger partial charge in [0.25, 0.3) is 0 Å². The normalized spacial score (nSPS) is 13.1. The molecule has 0 saturated carbocycles. The Kier molecular flexibility index (Phi) is 5.83. The Hall–Kier alpha value is -1.06. The molecule has 1 unspecified atom stereocenters. The fourth-order valence-corrected chi connectivity index (χ4v) is 2.11. The van der Waals surface area contributed by atoms with Gasteiger partial charge in [0, 0.05) is 17.7 Å². The second-order valence-corrected chi connectivity index (χ2v) is 6.17. The van der Waals surface area contributed by atoms with Crippen molar-refractivity contribution in [3.8, 4) is 0 Å². The van der Waals surface area contributed by atoms with Crippen LogP contribution in [0.15, 0.2) is 24.3 Å². The summed E-state index contributed by atoms with van der Waals surface area (Å²) in [6.07, 6.45) is 0.815. The molecule has 0 aliphatic heterocycles. The highest BCUT2D eigenvalue weighted by molar-refractivity contribution is 6.31. The Bertz CT molecular complexity index is 426. The van der Waals surface area contributed by atoms with Gasteiger partial charge in [-0.25, -0.2) is 0 Å². The standard InChI is InChI=1S/C15H22ClNO2/c1-15(2,3)13(8-9-18)17-14(19)10-11-6-4-5-7-12(11)16/h4-7,13,18H,8-10H2,1-3H3,(H,17,19). The minimum absolute atomic E-state index is 0.0486. The maximum Gasteiger partial charge on any atom is 0.224 e. The third-order valence-corrected chi connectivity index (χ3v) is 3.48. The first-order chi connectivity index (χ1) is 8.84. The molecule has 1 amide bonds. The van der Waals surface area contributed by atoms with Crippen molar-refractivity contribution < 1.29 is 9.90 Å². The van der Waals surface area contributed by atoms with Crippen LogP contribution in [0.2, 0.25) is 5.02 Å². The van der Waals surface area contributed by atoms with Gasteiger partial charge in [0.15, 0.2) is 0 Å². The number of rotatable bonds is 5. The number of benzene rings is 1. The van der Waals surface area contributed by atoms with Crippen LogP contribution in [-0.4, -0.2) is 23.7 Å². The summed E-state index contributed by atoms with van der Waals surface area (Å²) in [4.78, 5) is 12.0. The molecule has 0 aromatic heterocycles. The molecule has 0 spiro atoms. The van der Waals surface area contributed by atoms with E-state index in [-0.39, 0.29) is 30.4 Å². The van der Waals surface area contributed by atoms with E-state index in [9.17, 15) is 4.79 Å². The first kappa shape index (κ1) is 16.0. The molecule has 0 bridgehead atoms. The average molecular weight is 284 g/mol. The summed E-state index contributed by atoms with van der Waals surface area (Å²) in [6, 6.07) is 7.28. The minimum Gasteiger partial charge on any atom is -0.396 e. The first-order valence-electron chi connectivity index (χ1n) is 6.48. The zero-order chi connectivity index (χ0) is 14.5. The molecule has 0 aliphatic carbocycles. The molecule has 106 valence electrons. The van der Waals surface area contributed by atoms with Crippen LogP contribution in [0.1, 0.15) is 32.8 Å². The van der Waals surface area contributed by atoms with Gasteiger partial charge >= 0.3 is 0 Å². The van der Waals surface area contributed by atoms with Gasteiger partial charge in [-0.05, 0) is 23.5 Å². The van der Waals surface area contributed by atoms with Crippen LogP contribution in [0.25, 0.3) is 0 Å². The van der Waals surface area contributed by atoms with Crippen molar-refractivity contribution in [1.82, 2.24) is 5.32 Å². The lowest BCUT2D eigenvalue weighted by Crippen LogP contribution is -2.44. The highest BCUT2D eigenvalue weighted by atomic mass is 35.5. The minimum atomic E-state index is -0.0845. The van der Waals surface area contributed by atoms with Crippen LogP contribution < -0.4 is 5.32 Å². The molecular weight excluding hydrogens is 262 g/mol. The predicted molar refractivity (Wildman–Crippen MR) is 78.2 cm³/mol. The summed E-state index contributed by atoms with van der Waals surface area (Å²) in [5.74, 6) is -0.0681. The predicted octanol–water partition coefficient (Wildman–Crippen LogP) is 2.80. The summed E-state index contributed by atoms with van der Waals surface area (Å²) in [5, 5.41) is 12.7. The molecule has 19 heavy (non-hydrogen) atoms. The SMILES string of the molecule is CC(C)(C)C(CCO)NC(=O)Cc1ccccc1Cl. The van der Waals surface area contributed by atoms with Gasteiger partial charge in [-0.3, -0.25) is 4.79 Å². The van der Waals surface area contributed by atoms with Gasteiger partial charge in [-0.1, -0.05) is 50.6 Å². The molecule has 0 fully saturated rings. The van der Waals surface area contributed by atoms with E-state index in [4.69, 9.17) is 16.7 Å². The van der Waals surface area contributed by atoms with Crippen LogP contribution in [0.5, 0.6) is 0 Å².